The van der Waals surface area contributed by atoms with Crippen LogP contribution in [-0.4, -0.2) is 10.8 Å². The van der Waals surface area contributed by atoms with E-state index < -0.39 is 0 Å². The average molecular weight is 203 g/mol. The number of carbonyl (C=O) groups is 1. The van der Waals surface area contributed by atoms with Crippen molar-refractivity contribution in [2.45, 2.75) is 32.6 Å². The zero-order valence-electron chi connectivity index (χ0n) is 9.15. The lowest BCUT2D eigenvalue weighted by atomic mass is 10.1. The first-order chi connectivity index (χ1) is 7.33. The highest BCUT2D eigenvalue weighted by Crippen LogP contribution is 2.02. The first-order valence-electron chi connectivity index (χ1n) is 5.45. The van der Waals surface area contributed by atoms with Gasteiger partial charge in [-0.3, -0.25) is 9.78 Å². The predicted octanol–water partition coefficient (Wildman–Crippen LogP) is 3.24. The van der Waals surface area contributed by atoms with Crippen LogP contribution in [0, 0.1) is 0 Å². The van der Waals surface area contributed by atoms with Crippen LogP contribution in [0.3, 0.4) is 0 Å². The van der Waals surface area contributed by atoms with Gasteiger partial charge in [0, 0.05) is 12.6 Å². The van der Waals surface area contributed by atoms with Gasteiger partial charge >= 0.3 is 0 Å². The van der Waals surface area contributed by atoms with E-state index in [1.165, 1.54) is 0 Å². The molecule has 0 saturated heterocycles. The van der Waals surface area contributed by atoms with Crippen LogP contribution in [0.1, 0.15) is 38.3 Å². The maximum absolute atomic E-state index is 11.4. The summed E-state index contributed by atoms with van der Waals surface area (Å²) < 4.78 is 0. The molecule has 0 N–H and O–H groups in total. The van der Waals surface area contributed by atoms with Crippen molar-refractivity contribution in [1.29, 1.82) is 0 Å². The van der Waals surface area contributed by atoms with E-state index in [0.717, 1.165) is 25.0 Å². The Morgan fingerprint density at radius 2 is 2.27 bits per heavy atom. The topological polar surface area (TPSA) is 30.0 Å². The third-order valence-electron chi connectivity index (χ3n) is 2.15. The predicted molar refractivity (Wildman–Crippen MR) is 62.4 cm³/mol. The van der Waals surface area contributed by atoms with Crippen molar-refractivity contribution in [3.05, 3.63) is 36.2 Å². The molecule has 0 amide bonds. The van der Waals surface area contributed by atoms with Crippen LogP contribution >= 0.6 is 0 Å². The SMILES string of the molecule is CCCCCC(=O)/C=C/c1ccccn1. The second kappa shape index (κ2) is 6.93. The van der Waals surface area contributed by atoms with E-state index in [-0.39, 0.29) is 5.78 Å². The van der Waals surface area contributed by atoms with Crippen molar-refractivity contribution >= 4 is 11.9 Å². The Morgan fingerprint density at radius 3 is 2.93 bits per heavy atom. The number of hydrogen-bond acceptors (Lipinski definition) is 2. The lowest BCUT2D eigenvalue weighted by molar-refractivity contribution is -0.114. The van der Waals surface area contributed by atoms with E-state index >= 15 is 0 Å². The number of pyridine rings is 1. The van der Waals surface area contributed by atoms with Gasteiger partial charge in [0.05, 0.1) is 5.69 Å². The van der Waals surface area contributed by atoms with Crippen molar-refractivity contribution < 1.29 is 4.79 Å². The van der Waals surface area contributed by atoms with Crippen molar-refractivity contribution in [3.63, 3.8) is 0 Å². The summed E-state index contributed by atoms with van der Waals surface area (Å²) in [5.74, 6) is 0.189. The van der Waals surface area contributed by atoms with E-state index in [0.29, 0.717) is 6.42 Å². The molecule has 0 spiro atoms. The third kappa shape index (κ3) is 5.11. The fourth-order valence-electron chi connectivity index (χ4n) is 1.29. The number of ketones is 1. The summed E-state index contributed by atoms with van der Waals surface area (Å²) in [7, 11) is 0. The third-order valence-corrected chi connectivity index (χ3v) is 2.15. The Labute approximate surface area is 91.0 Å². The molecule has 1 rings (SSSR count). The first kappa shape index (κ1) is 11.6. The number of hydrogen-bond donors (Lipinski definition) is 0. The quantitative estimate of drug-likeness (QED) is 0.524. The highest BCUT2D eigenvalue weighted by atomic mass is 16.1. The Balaban J connectivity index is 2.34. The summed E-state index contributed by atoms with van der Waals surface area (Å²) in [6.45, 7) is 2.13. The van der Waals surface area contributed by atoms with Crippen LogP contribution in [0.4, 0.5) is 0 Å². The molecule has 1 aromatic heterocycles. The molecule has 0 radical (unpaired) electrons. The maximum atomic E-state index is 11.4. The Hall–Kier alpha value is -1.44. The van der Waals surface area contributed by atoms with E-state index in [9.17, 15) is 4.79 Å². The summed E-state index contributed by atoms with van der Waals surface area (Å²) in [4.78, 5) is 15.5. The van der Waals surface area contributed by atoms with E-state index in [2.05, 4.69) is 11.9 Å². The molecule has 0 unspecified atom stereocenters. The van der Waals surface area contributed by atoms with Crippen LogP contribution in [0.5, 0.6) is 0 Å². The molecule has 0 saturated carbocycles. The van der Waals surface area contributed by atoms with Gasteiger partial charge in [-0.25, -0.2) is 0 Å². The van der Waals surface area contributed by atoms with Crippen molar-refractivity contribution in [1.82, 2.24) is 4.98 Å². The second-order valence-electron chi connectivity index (χ2n) is 3.51. The van der Waals surface area contributed by atoms with Crippen molar-refractivity contribution in [2.75, 3.05) is 0 Å². The standard InChI is InChI=1S/C13H17NO/c1-2-3-4-8-13(15)10-9-12-7-5-6-11-14-12/h5-7,9-11H,2-4,8H2,1H3/b10-9+. The second-order valence-corrected chi connectivity index (χ2v) is 3.51. The average Bonchev–Trinajstić information content (AvgIpc) is 2.28. The minimum atomic E-state index is 0.189. The molecule has 0 aliphatic heterocycles. The molecule has 2 nitrogen and oxygen atoms in total. The number of rotatable bonds is 6. The summed E-state index contributed by atoms with van der Waals surface area (Å²) in [6, 6.07) is 5.66. The Kier molecular flexibility index (Phi) is 5.38. The summed E-state index contributed by atoms with van der Waals surface area (Å²) >= 11 is 0. The van der Waals surface area contributed by atoms with Crippen LogP contribution in [0.25, 0.3) is 6.08 Å². The van der Waals surface area contributed by atoms with Crippen LogP contribution in [0.2, 0.25) is 0 Å². The first-order valence-corrected chi connectivity index (χ1v) is 5.45. The maximum Gasteiger partial charge on any atom is 0.155 e. The zero-order chi connectivity index (χ0) is 10.9. The van der Waals surface area contributed by atoms with Gasteiger partial charge in [-0.05, 0) is 30.7 Å². The lowest BCUT2D eigenvalue weighted by Gasteiger charge is -1.94. The normalized spacial score (nSPS) is 10.7. The molecular formula is C13H17NO. The number of nitrogens with zero attached hydrogens (tertiary/aromatic N) is 1. The highest BCUT2D eigenvalue weighted by molar-refractivity contribution is 5.93. The minimum absolute atomic E-state index is 0.189. The molecular weight excluding hydrogens is 186 g/mol. The molecule has 0 aromatic carbocycles. The van der Waals surface area contributed by atoms with Gasteiger partial charge in [0.15, 0.2) is 5.78 Å². The fourth-order valence-corrected chi connectivity index (χ4v) is 1.29. The van der Waals surface area contributed by atoms with Crippen molar-refractivity contribution in [3.8, 4) is 0 Å². The zero-order valence-corrected chi connectivity index (χ0v) is 9.15. The molecule has 2 heteroatoms. The molecule has 0 atom stereocenters. The Morgan fingerprint density at radius 1 is 1.40 bits per heavy atom. The van der Waals surface area contributed by atoms with E-state index in [4.69, 9.17) is 0 Å². The summed E-state index contributed by atoms with van der Waals surface area (Å²) in [5.41, 5.74) is 0.835. The van der Waals surface area contributed by atoms with Gasteiger partial charge in [0.2, 0.25) is 0 Å². The van der Waals surface area contributed by atoms with Crippen LogP contribution in [-0.2, 0) is 4.79 Å². The summed E-state index contributed by atoms with van der Waals surface area (Å²) in [6.07, 6.45) is 9.03. The molecule has 0 aliphatic rings. The van der Waals surface area contributed by atoms with Gasteiger partial charge in [-0.1, -0.05) is 25.8 Å². The molecule has 80 valence electrons. The molecule has 0 fully saturated rings. The smallest absolute Gasteiger partial charge is 0.155 e. The van der Waals surface area contributed by atoms with Gasteiger partial charge in [0.1, 0.15) is 0 Å². The molecule has 0 bridgehead atoms. The molecule has 1 heterocycles. The van der Waals surface area contributed by atoms with Gasteiger partial charge in [0.25, 0.3) is 0 Å². The Bertz CT molecular complexity index is 317. The molecule has 15 heavy (non-hydrogen) atoms. The van der Waals surface area contributed by atoms with Gasteiger partial charge < -0.3 is 0 Å². The van der Waals surface area contributed by atoms with Crippen LogP contribution in [0.15, 0.2) is 30.5 Å². The van der Waals surface area contributed by atoms with Crippen molar-refractivity contribution in [2.24, 2.45) is 0 Å². The minimum Gasteiger partial charge on any atom is -0.295 e. The highest BCUT2D eigenvalue weighted by Gasteiger charge is 1.95. The lowest BCUT2D eigenvalue weighted by Crippen LogP contribution is -1.92. The van der Waals surface area contributed by atoms with Gasteiger partial charge in [-0.2, -0.15) is 0 Å². The van der Waals surface area contributed by atoms with Gasteiger partial charge in [-0.15, -0.1) is 0 Å². The van der Waals surface area contributed by atoms with E-state index in [1.54, 1.807) is 18.3 Å². The molecule has 0 aliphatic carbocycles. The monoisotopic (exact) mass is 203 g/mol. The largest absolute Gasteiger partial charge is 0.295 e. The number of allylic oxidation sites excluding steroid dienone is 1. The molecule has 1 aromatic rings. The number of unbranched alkanes of at least 4 members (excludes halogenated alkanes) is 2. The summed E-state index contributed by atoms with van der Waals surface area (Å²) in [5, 5.41) is 0. The number of carbonyl (C=O) groups excluding carboxylic acids is 1. The van der Waals surface area contributed by atoms with E-state index in [1.807, 2.05) is 18.2 Å². The number of aromatic nitrogens is 1. The fraction of sp³-hybridized carbons (Fsp3) is 0.385. The van der Waals surface area contributed by atoms with Crippen LogP contribution < -0.4 is 0 Å².